The van der Waals surface area contributed by atoms with E-state index in [0.717, 1.165) is 49.7 Å². The normalized spacial score (nSPS) is 21.0. The SMILES string of the molecule is CC(C)NC(=O)C1CCC(n2c(NC(=O)c3ccc(F)cc3)nc3ccc(CN4CCC[C@@H]4C(=O)O)cc32)CC1.Cl. The molecule has 2 aliphatic rings. The first-order valence-electron chi connectivity index (χ1n) is 14.0. The van der Waals surface area contributed by atoms with Gasteiger partial charge in [-0.1, -0.05) is 6.07 Å². The van der Waals surface area contributed by atoms with Crippen molar-refractivity contribution in [1.29, 1.82) is 0 Å². The topological polar surface area (TPSA) is 117 Å². The van der Waals surface area contributed by atoms with Crippen molar-refractivity contribution in [3.63, 3.8) is 0 Å². The molecule has 2 fully saturated rings. The summed E-state index contributed by atoms with van der Waals surface area (Å²) in [6, 6.07) is 10.9. The number of hydrogen-bond donors (Lipinski definition) is 3. The van der Waals surface area contributed by atoms with Crippen molar-refractivity contribution in [3.05, 3.63) is 59.4 Å². The van der Waals surface area contributed by atoms with Crippen LogP contribution in [0.15, 0.2) is 42.5 Å². The number of anilines is 1. The zero-order valence-electron chi connectivity index (χ0n) is 23.3. The quantitative estimate of drug-likeness (QED) is 0.336. The first-order valence-corrected chi connectivity index (χ1v) is 14.0. The first kappa shape index (κ1) is 30.5. The van der Waals surface area contributed by atoms with E-state index in [2.05, 4.69) is 15.2 Å². The average Bonchev–Trinajstić information content (AvgIpc) is 3.53. The molecule has 5 rings (SSSR count). The van der Waals surface area contributed by atoms with Gasteiger partial charge in [-0.15, -0.1) is 12.4 Å². The van der Waals surface area contributed by atoms with Crippen LogP contribution in [-0.2, 0) is 16.1 Å². The minimum atomic E-state index is -0.798. The fourth-order valence-corrected chi connectivity index (χ4v) is 6.00. The molecule has 41 heavy (non-hydrogen) atoms. The second-order valence-electron chi connectivity index (χ2n) is 11.2. The zero-order chi connectivity index (χ0) is 28.4. The van der Waals surface area contributed by atoms with Crippen LogP contribution in [0.5, 0.6) is 0 Å². The number of nitrogens with zero attached hydrogens (tertiary/aromatic N) is 3. The summed E-state index contributed by atoms with van der Waals surface area (Å²) in [6.07, 6.45) is 4.44. The molecule has 1 aliphatic heterocycles. The number of aliphatic carboxylic acids is 1. The predicted molar refractivity (Wildman–Crippen MR) is 157 cm³/mol. The van der Waals surface area contributed by atoms with Gasteiger partial charge in [0.1, 0.15) is 11.9 Å². The molecule has 2 heterocycles. The number of imidazole rings is 1. The van der Waals surface area contributed by atoms with Crippen LogP contribution in [0.4, 0.5) is 10.3 Å². The Morgan fingerprint density at radius 2 is 1.76 bits per heavy atom. The fourth-order valence-electron chi connectivity index (χ4n) is 6.00. The zero-order valence-corrected chi connectivity index (χ0v) is 24.1. The Balaban J connectivity index is 0.00000387. The summed E-state index contributed by atoms with van der Waals surface area (Å²) in [5, 5.41) is 15.6. The van der Waals surface area contributed by atoms with Crippen LogP contribution < -0.4 is 10.6 Å². The van der Waals surface area contributed by atoms with E-state index in [1.165, 1.54) is 24.3 Å². The highest BCUT2D eigenvalue weighted by atomic mass is 35.5. The van der Waals surface area contributed by atoms with Crippen LogP contribution in [0.1, 0.15) is 74.3 Å². The number of rotatable bonds is 8. The number of carbonyl (C=O) groups is 3. The number of hydrogen-bond acceptors (Lipinski definition) is 5. The fraction of sp³-hybridized carbons (Fsp3) is 0.467. The third-order valence-corrected chi connectivity index (χ3v) is 7.98. The lowest BCUT2D eigenvalue weighted by molar-refractivity contribution is -0.142. The molecule has 3 N–H and O–H groups in total. The van der Waals surface area contributed by atoms with E-state index in [1.54, 1.807) is 0 Å². The van der Waals surface area contributed by atoms with Gasteiger partial charge in [-0.3, -0.25) is 24.6 Å². The molecule has 0 unspecified atom stereocenters. The van der Waals surface area contributed by atoms with Gasteiger partial charge < -0.3 is 15.0 Å². The van der Waals surface area contributed by atoms with E-state index in [4.69, 9.17) is 4.98 Å². The van der Waals surface area contributed by atoms with Crippen LogP contribution in [0, 0.1) is 11.7 Å². The second kappa shape index (κ2) is 13.0. The molecule has 9 nitrogen and oxygen atoms in total. The van der Waals surface area contributed by atoms with Crippen LogP contribution in [-0.4, -0.2) is 56.0 Å². The highest BCUT2D eigenvalue weighted by Gasteiger charge is 2.32. The summed E-state index contributed by atoms with van der Waals surface area (Å²) < 4.78 is 15.5. The molecule has 1 atom stereocenters. The Hall–Kier alpha value is -3.50. The summed E-state index contributed by atoms with van der Waals surface area (Å²) in [5.41, 5.74) is 2.87. The van der Waals surface area contributed by atoms with E-state index >= 15 is 0 Å². The van der Waals surface area contributed by atoms with Gasteiger partial charge in [0.2, 0.25) is 11.9 Å². The van der Waals surface area contributed by atoms with Crippen molar-refractivity contribution in [2.24, 2.45) is 5.92 Å². The van der Waals surface area contributed by atoms with Crippen molar-refractivity contribution in [2.75, 3.05) is 11.9 Å². The van der Waals surface area contributed by atoms with E-state index < -0.39 is 17.8 Å². The number of likely N-dealkylation sites (tertiary alicyclic amines) is 1. The van der Waals surface area contributed by atoms with Gasteiger partial charge in [0.25, 0.3) is 5.91 Å². The molecule has 2 amide bonds. The maximum atomic E-state index is 13.4. The van der Waals surface area contributed by atoms with Crippen LogP contribution >= 0.6 is 12.4 Å². The van der Waals surface area contributed by atoms with E-state index in [-0.39, 0.29) is 42.2 Å². The Morgan fingerprint density at radius 1 is 1.05 bits per heavy atom. The van der Waals surface area contributed by atoms with E-state index in [9.17, 15) is 23.9 Å². The molecule has 2 aromatic carbocycles. The smallest absolute Gasteiger partial charge is 0.320 e. The molecule has 1 saturated heterocycles. The summed E-state index contributed by atoms with van der Waals surface area (Å²) in [5.74, 6) is -1.17. The van der Waals surface area contributed by atoms with E-state index in [1.807, 2.05) is 36.9 Å². The molecule has 1 aliphatic carbocycles. The molecule has 0 bridgehead atoms. The molecule has 0 spiro atoms. The first-order chi connectivity index (χ1) is 19.2. The number of amides is 2. The summed E-state index contributed by atoms with van der Waals surface area (Å²) in [6.45, 7) is 5.15. The minimum Gasteiger partial charge on any atom is -0.480 e. The number of carbonyl (C=O) groups excluding carboxylic acids is 2. The molecule has 1 saturated carbocycles. The van der Waals surface area contributed by atoms with E-state index in [0.29, 0.717) is 30.0 Å². The number of carboxylic acid groups (broad SMARTS) is 1. The number of fused-ring (bicyclic) bond motifs is 1. The monoisotopic (exact) mass is 585 g/mol. The van der Waals surface area contributed by atoms with Gasteiger partial charge in [0.15, 0.2) is 0 Å². The molecule has 11 heteroatoms. The van der Waals surface area contributed by atoms with Crippen molar-refractivity contribution in [3.8, 4) is 0 Å². The second-order valence-corrected chi connectivity index (χ2v) is 11.2. The van der Waals surface area contributed by atoms with Crippen molar-refractivity contribution in [2.45, 2.75) is 77.0 Å². The minimum absolute atomic E-state index is 0. The molecule has 1 aromatic heterocycles. The molecule has 0 radical (unpaired) electrons. The van der Waals surface area contributed by atoms with Gasteiger partial charge in [0.05, 0.1) is 11.0 Å². The lowest BCUT2D eigenvalue weighted by Gasteiger charge is -2.30. The third kappa shape index (κ3) is 6.87. The summed E-state index contributed by atoms with van der Waals surface area (Å²) in [7, 11) is 0. The number of carboxylic acids is 1. The summed E-state index contributed by atoms with van der Waals surface area (Å²) >= 11 is 0. The van der Waals surface area contributed by atoms with Crippen LogP contribution in [0.2, 0.25) is 0 Å². The number of halogens is 2. The molecule has 3 aromatic rings. The lowest BCUT2D eigenvalue weighted by Crippen LogP contribution is -2.37. The summed E-state index contributed by atoms with van der Waals surface area (Å²) in [4.78, 5) is 44.1. The standard InChI is InChI=1S/C30H36FN5O4.ClH/c1-18(2)32-27(37)21-8-12-23(13-9-21)36-26-16-19(17-35-15-3-4-25(35)29(39)40)5-14-24(26)33-30(36)34-28(38)20-6-10-22(31)11-7-20;/h5-7,10-11,14,16,18,21,23,25H,3-4,8-9,12-13,15,17H2,1-2H3,(H,32,37)(H,39,40)(H,33,34,38);1H/t21?,23?,25-;/m1./s1. The maximum absolute atomic E-state index is 13.4. The van der Waals surface area contributed by atoms with Crippen molar-refractivity contribution < 1.29 is 23.9 Å². The van der Waals surface area contributed by atoms with Gasteiger partial charge in [0, 0.05) is 30.1 Å². The molecular weight excluding hydrogens is 549 g/mol. The van der Waals surface area contributed by atoms with Gasteiger partial charge in [-0.05, 0) is 101 Å². The van der Waals surface area contributed by atoms with Gasteiger partial charge in [-0.25, -0.2) is 9.37 Å². The van der Waals surface area contributed by atoms with Gasteiger partial charge in [-0.2, -0.15) is 0 Å². The molecular formula is C30H37ClFN5O4. The highest BCUT2D eigenvalue weighted by molar-refractivity contribution is 6.04. The Labute approximate surface area is 244 Å². The third-order valence-electron chi connectivity index (χ3n) is 7.98. The van der Waals surface area contributed by atoms with Crippen molar-refractivity contribution in [1.82, 2.24) is 19.8 Å². The maximum Gasteiger partial charge on any atom is 0.320 e. The Kier molecular flexibility index (Phi) is 9.65. The predicted octanol–water partition coefficient (Wildman–Crippen LogP) is 5.15. The lowest BCUT2D eigenvalue weighted by atomic mass is 9.85. The number of benzene rings is 2. The largest absolute Gasteiger partial charge is 0.480 e. The van der Waals surface area contributed by atoms with Crippen LogP contribution in [0.3, 0.4) is 0 Å². The van der Waals surface area contributed by atoms with Gasteiger partial charge >= 0.3 is 5.97 Å². The Bertz CT molecular complexity index is 1400. The number of aromatic nitrogens is 2. The van der Waals surface area contributed by atoms with Crippen molar-refractivity contribution >= 4 is 47.2 Å². The highest BCUT2D eigenvalue weighted by Crippen LogP contribution is 2.37. The van der Waals surface area contributed by atoms with Crippen LogP contribution in [0.25, 0.3) is 11.0 Å². The molecule has 220 valence electrons. The average molecular weight is 586 g/mol. The Morgan fingerprint density at radius 3 is 2.41 bits per heavy atom. The number of nitrogens with one attached hydrogen (secondary N) is 2.